The van der Waals surface area contributed by atoms with E-state index in [9.17, 15) is 5.11 Å². The Labute approximate surface area is 211 Å². The minimum absolute atomic E-state index is 0.244. The van der Waals surface area contributed by atoms with Gasteiger partial charge in [-0.15, -0.1) is 0 Å². The van der Waals surface area contributed by atoms with Crippen molar-refractivity contribution in [2.75, 3.05) is 26.2 Å². The van der Waals surface area contributed by atoms with Crippen molar-refractivity contribution < 1.29 is 19.3 Å². The predicted molar refractivity (Wildman–Crippen MR) is 139 cm³/mol. The highest BCUT2D eigenvalue weighted by Gasteiger charge is 2.37. The Morgan fingerprint density at radius 3 is 2.89 bits per heavy atom. The second-order valence-electron chi connectivity index (χ2n) is 9.85. The van der Waals surface area contributed by atoms with Crippen molar-refractivity contribution in [2.24, 2.45) is 0 Å². The summed E-state index contributed by atoms with van der Waals surface area (Å²) < 4.78 is 18.1. The van der Waals surface area contributed by atoms with Gasteiger partial charge in [0.1, 0.15) is 24.7 Å². The quantitative estimate of drug-likeness (QED) is 0.558. The first-order chi connectivity index (χ1) is 17.7. The first kappa shape index (κ1) is 23.0. The molecule has 1 aromatic carbocycles. The molecule has 0 amide bonds. The third kappa shape index (κ3) is 4.81. The van der Waals surface area contributed by atoms with Gasteiger partial charge in [-0.25, -0.2) is 0 Å². The number of nitrogens with one attached hydrogen (secondary N) is 1. The molecular formula is C29H33N3O4. The van der Waals surface area contributed by atoms with Crippen molar-refractivity contribution in [3.8, 4) is 5.75 Å². The van der Waals surface area contributed by atoms with Crippen LogP contribution < -0.4 is 4.74 Å². The SMILES string of the molecule is OC(COc1cccc2[nH]ccc12)CN1CC2CC=CCC1CN2C1=COC=C(C2=CC=CCC2)O1. The van der Waals surface area contributed by atoms with E-state index in [2.05, 4.69) is 45.2 Å². The van der Waals surface area contributed by atoms with Crippen LogP contribution >= 0.6 is 0 Å². The van der Waals surface area contributed by atoms with E-state index >= 15 is 0 Å². The Hall–Kier alpha value is -3.42. The molecule has 188 valence electrons. The Kier molecular flexibility index (Phi) is 6.57. The third-order valence-electron chi connectivity index (χ3n) is 7.40. The fourth-order valence-electron chi connectivity index (χ4n) is 5.52. The smallest absolute Gasteiger partial charge is 0.232 e. The van der Waals surface area contributed by atoms with Crippen LogP contribution in [0.25, 0.3) is 10.9 Å². The van der Waals surface area contributed by atoms with Crippen LogP contribution in [0.15, 0.2) is 90.6 Å². The number of hydrogen-bond acceptors (Lipinski definition) is 6. The topological polar surface area (TPSA) is 70.2 Å². The summed E-state index contributed by atoms with van der Waals surface area (Å²) in [5.41, 5.74) is 2.20. The van der Waals surface area contributed by atoms with E-state index in [1.165, 1.54) is 5.57 Å². The number of hydrogen-bond donors (Lipinski definition) is 2. The number of allylic oxidation sites excluding steroid dienone is 4. The Morgan fingerprint density at radius 2 is 2.00 bits per heavy atom. The van der Waals surface area contributed by atoms with E-state index in [0.29, 0.717) is 6.54 Å². The number of fused-ring (bicyclic) bond motifs is 5. The largest absolute Gasteiger partial charge is 0.490 e. The molecule has 2 bridgehead atoms. The standard InChI is InChI=1S/C29H33N3O4/c33-24(18-35-27-12-6-11-26-25(27)13-14-30-26)17-31-15-23-10-5-4-9-22(31)16-32(23)29-20-34-19-28(36-29)21-7-2-1-3-8-21/h1-2,4-7,11-14,19-20,22-24,30,33H,3,8-10,15-18H2. The average Bonchev–Trinajstić information content (AvgIpc) is 3.39. The second-order valence-corrected chi connectivity index (χ2v) is 9.85. The lowest BCUT2D eigenvalue weighted by Crippen LogP contribution is -2.60. The molecule has 36 heavy (non-hydrogen) atoms. The third-order valence-corrected chi connectivity index (χ3v) is 7.40. The highest BCUT2D eigenvalue weighted by atomic mass is 16.6. The molecule has 0 saturated carbocycles. The molecule has 5 aliphatic rings. The normalized spacial score (nSPS) is 24.8. The first-order valence-corrected chi connectivity index (χ1v) is 12.9. The molecule has 2 aromatic rings. The molecule has 2 N–H and O–H groups in total. The highest BCUT2D eigenvalue weighted by Crippen LogP contribution is 2.32. The van der Waals surface area contributed by atoms with E-state index in [-0.39, 0.29) is 18.7 Å². The molecule has 1 aliphatic carbocycles. The number of H-pyrrole nitrogens is 1. The minimum atomic E-state index is -0.577. The van der Waals surface area contributed by atoms with Gasteiger partial charge < -0.3 is 29.2 Å². The summed E-state index contributed by atoms with van der Waals surface area (Å²) in [6, 6.07) is 8.46. The van der Waals surface area contributed by atoms with Crippen molar-refractivity contribution >= 4 is 10.9 Å². The molecule has 1 saturated heterocycles. The van der Waals surface area contributed by atoms with Crippen molar-refractivity contribution in [3.05, 3.63) is 90.6 Å². The van der Waals surface area contributed by atoms with Gasteiger partial charge in [0.15, 0.2) is 12.0 Å². The van der Waals surface area contributed by atoms with E-state index in [4.69, 9.17) is 14.2 Å². The van der Waals surface area contributed by atoms with Gasteiger partial charge in [0.05, 0.1) is 0 Å². The van der Waals surface area contributed by atoms with Crippen molar-refractivity contribution in [1.82, 2.24) is 14.8 Å². The van der Waals surface area contributed by atoms with Crippen LogP contribution in [0.1, 0.15) is 25.7 Å². The summed E-state index contributed by atoms with van der Waals surface area (Å²) >= 11 is 0. The maximum Gasteiger partial charge on any atom is 0.232 e. The fourth-order valence-corrected chi connectivity index (χ4v) is 5.52. The number of nitrogens with zero attached hydrogens (tertiary/aromatic N) is 2. The van der Waals surface area contributed by atoms with E-state index in [1.807, 2.05) is 30.5 Å². The van der Waals surface area contributed by atoms with E-state index in [0.717, 1.165) is 67.1 Å². The molecule has 0 spiro atoms. The minimum Gasteiger partial charge on any atom is -0.490 e. The Bertz CT molecular complexity index is 1240. The molecule has 0 radical (unpaired) electrons. The number of benzene rings is 1. The number of ether oxygens (including phenoxy) is 3. The zero-order valence-electron chi connectivity index (χ0n) is 20.4. The summed E-state index contributed by atoms with van der Waals surface area (Å²) in [5, 5.41) is 11.9. The van der Waals surface area contributed by atoms with Crippen LogP contribution in [0.5, 0.6) is 5.75 Å². The van der Waals surface area contributed by atoms with Gasteiger partial charge in [-0.3, -0.25) is 4.90 Å². The van der Waals surface area contributed by atoms with Crippen LogP contribution in [0, 0.1) is 0 Å². The summed E-state index contributed by atoms with van der Waals surface area (Å²) in [6.07, 6.45) is 19.5. The summed E-state index contributed by atoms with van der Waals surface area (Å²) in [5.74, 6) is 2.37. The number of aromatic nitrogens is 1. The molecule has 4 aliphatic heterocycles. The second kappa shape index (κ2) is 10.3. The van der Waals surface area contributed by atoms with E-state index in [1.54, 1.807) is 12.5 Å². The Balaban J connectivity index is 1.09. The van der Waals surface area contributed by atoms with Crippen LogP contribution in [-0.4, -0.2) is 64.3 Å². The molecule has 5 heterocycles. The summed E-state index contributed by atoms with van der Waals surface area (Å²) in [4.78, 5) is 7.95. The Morgan fingerprint density at radius 1 is 1.08 bits per heavy atom. The van der Waals surface area contributed by atoms with Crippen molar-refractivity contribution in [1.29, 1.82) is 0 Å². The molecule has 3 unspecified atom stereocenters. The van der Waals surface area contributed by atoms with Gasteiger partial charge in [0.25, 0.3) is 0 Å². The summed E-state index contributed by atoms with van der Waals surface area (Å²) in [6.45, 7) is 2.52. The van der Waals surface area contributed by atoms with Crippen molar-refractivity contribution in [3.63, 3.8) is 0 Å². The van der Waals surface area contributed by atoms with Gasteiger partial charge >= 0.3 is 0 Å². The monoisotopic (exact) mass is 487 g/mol. The van der Waals surface area contributed by atoms with Gasteiger partial charge in [-0.05, 0) is 49.5 Å². The van der Waals surface area contributed by atoms with Crippen LogP contribution in [0.2, 0.25) is 0 Å². The number of aromatic amines is 1. The highest BCUT2D eigenvalue weighted by molar-refractivity contribution is 5.85. The maximum absolute atomic E-state index is 10.9. The van der Waals surface area contributed by atoms with Gasteiger partial charge in [0, 0.05) is 48.8 Å². The number of aliphatic hydroxyl groups is 1. The number of piperazine rings is 1. The van der Waals surface area contributed by atoms with Crippen molar-refractivity contribution in [2.45, 2.75) is 43.9 Å². The molecule has 7 nitrogen and oxygen atoms in total. The maximum atomic E-state index is 10.9. The number of aliphatic hydroxyl groups excluding tert-OH is 1. The van der Waals surface area contributed by atoms with Gasteiger partial charge in [-0.1, -0.05) is 36.4 Å². The lowest BCUT2D eigenvalue weighted by Gasteiger charge is -2.48. The summed E-state index contributed by atoms with van der Waals surface area (Å²) in [7, 11) is 0. The van der Waals surface area contributed by atoms with Crippen LogP contribution in [0.4, 0.5) is 0 Å². The average molecular weight is 488 g/mol. The van der Waals surface area contributed by atoms with Gasteiger partial charge in [0.2, 0.25) is 5.88 Å². The van der Waals surface area contributed by atoms with Gasteiger partial charge in [-0.2, -0.15) is 0 Å². The molecule has 1 fully saturated rings. The fraction of sp³-hybridized carbons (Fsp3) is 0.379. The molecule has 7 rings (SSSR count). The van der Waals surface area contributed by atoms with E-state index < -0.39 is 6.10 Å². The lowest BCUT2D eigenvalue weighted by atomic mass is 9.97. The molecule has 3 atom stereocenters. The number of rotatable bonds is 7. The lowest BCUT2D eigenvalue weighted by molar-refractivity contribution is -0.0206. The first-order valence-electron chi connectivity index (χ1n) is 12.9. The predicted octanol–water partition coefficient (Wildman–Crippen LogP) is 4.58. The zero-order chi connectivity index (χ0) is 24.3. The van der Waals surface area contributed by atoms with Crippen LogP contribution in [-0.2, 0) is 9.47 Å². The molecule has 1 aromatic heterocycles. The molecular weight excluding hydrogens is 454 g/mol. The zero-order valence-corrected chi connectivity index (χ0v) is 20.4. The van der Waals surface area contributed by atoms with Crippen LogP contribution in [0.3, 0.4) is 0 Å². The molecule has 7 heteroatoms.